The van der Waals surface area contributed by atoms with Gasteiger partial charge in [0.25, 0.3) is 0 Å². The van der Waals surface area contributed by atoms with Gasteiger partial charge in [0, 0.05) is 13.2 Å². The molecule has 0 saturated carbocycles. The van der Waals surface area contributed by atoms with Crippen molar-refractivity contribution in [2.24, 2.45) is 5.10 Å². The maximum Gasteiger partial charge on any atom is 0.329 e. The Morgan fingerprint density at radius 3 is 2.68 bits per heavy atom. The third-order valence-corrected chi connectivity index (χ3v) is 3.97. The molecule has 2 N–H and O–H groups in total. The van der Waals surface area contributed by atoms with E-state index in [-0.39, 0.29) is 6.10 Å². The highest BCUT2D eigenvalue weighted by molar-refractivity contribution is 6.37. The third kappa shape index (κ3) is 5.88. The van der Waals surface area contributed by atoms with Crippen LogP contribution in [-0.2, 0) is 14.3 Å². The molecule has 0 unspecified atom stereocenters. The number of nitrogens with one attached hydrogen (secondary N) is 2. The van der Waals surface area contributed by atoms with Gasteiger partial charge >= 0.3 is 11.8 Å². The molecule has 0 aromatic heterocycles. The first-order valence-electron chi connectivity index (χ1n) is 7.86. The van der Waals surface area contributed by atoms with Crippen LogP contribution >= 0.6 is 23.2 Å². The molecule has 0 radical (unpaired) electrons. The molecule has 1 aliphatic heterocycles. The zero-order valence-electron chi connectivity index (χ0n) is 13.7. The lowest BCUT2D eigenvalue weighted by Gasteiger charge is -2.09. The maximum atomic E-state index is 11.7. The van der Waals surface area contributed by atoms with E-state index in [1.54, 1.807) is 12.1 Å². The Morgan fingerprint density at radius 1 is 1.36 bits per heavy atom. The summed E-state index contributed by atoms with van der Waals surface area (Å²) < 4.78 is 10.7. The van der Waals surface area contributed by atoms with Crippen LogP contribution in [-0.4, -0.2) is 43.9 Å². The molecule has 0 bridgehead atoms. The van der Waals surface area contributed by atoms with Crippen LogP contribution in [0.1, 0.15) is 25.3 Å². The molecule has 1 aromatic carbocycles. The standard InChI is InChI=1S/C16H19Cl2N3O4/c1-2-24-14-12(17)6-10(7-13(14)18)8-20-21-16(23)15(22)19-9-11-4-3-5-25-11/h6-8,11H,2-5,9H2,1H3,(H,19,22)(H,21,23)/b20-8-/t11-/m1/s1. The number of hydrogen-bond donors (Lipinski definition) is 2. The number of ether oxygens (including phenoxy) is 2. The summed E-state index contributed by atoms with van der Waals surface area (Å²) in [5, 5.41) is 6.89. The summed E-state index contributed by atoms with van der Waals surface area (Å²) in [4.78, 5) is 23.3. The van der Waals surface area contributed by atoms with Crippen molar-refractivity contribution in [2.45, 2.75) is 25.9 Å². The number of halogens is 2. The quantitative estimate of drug-likeness (QED) is 0.444. The second kappa shape index (κ2) is 9.60. The summed E-state index contributed by atoms with van der Waals surface area (Å²) in [6.45, 7) is 3.25. The van der Waals surface area contributed by atoms with Crippen molar-refractivity contribution in [1.82, 2.24) is 10.7 Å². The van der Waals surface area contributed by atoms with Crippen molar-refractivity contribution >= 4 is 41.2 Å². The average Bonchev–Trinajstić information content (AvgIpc) is 3.09. The van der Waals surface area contributed by atoms with Crippen LogP contribution in [0.4, 0.5) is 0 Å². The van der Waals surface area contributed by atoms with Gasteiger partial charge < -0.3 is 14.8 Å². The molecule has 9 heteroatoms. The summed E-state index contributed by atoms with van der Waals surface area (Å²) in [7, 11) is 0. The summed E-state index contributed by atoms with van der Waals surface area (Å²) in [6, 6.07) is 3.18. The number of nitrogens with zero attached hydrogens (tertiary/aromatic N) is 1. The minimum absolute atomic E-state index is 0.0339. The van der Waals surface area contributed by atoms with Crippen LogP contribution < -0.4 is 15.5 Å². The molecule has 136 valence electrons. The van der Waals surface area contributed by atoms with Gasteiger partial charge in [-0.25, -0.2) is 5.43 Å². The van der Waals surface area contributed by atoms with Crippen molar-refractivity contribution in [3.8, 4) is 5.75 Å². The van der Waals surface area contributed by atoms with Gasteiger partial charge in [-0.3, -0.25) is 9.59 Å². The Labute approximate surface area is 155 Å². The monoisotopic (exact) mass is 387 g/mol. The van der Waals surface area contributed by atoms with E-state index in [0.717, 1.165) is 12.8 Å². The SMILES string of the molecule is CCOc1c(Cl)cc(/C=N\NC(=O)C(=O)NC[C@H]2CCCO2)cc1Cl. The van der Waals surface area contributed by atoms with Crippen molar-refractivity contribution in [2.75, 3.05) is 19.8 Å². The number of hydrogen-bond acceptors (Lipinski definition) is 5. The molecule has 0 spiro atoms. The first-order chi connectivity index (χ1) is 12.0. The molecule has 2 rings (SSSR count). The van der Waals surface area contributed by atoms with E-state index in [9.17, 15) is 9.59 Å². The van der Waals surface area contributed by atoms with Crippen LogP contribution in [0.25, 0.3) is 0 Å². The predicted molar refractivity (Wildman–Crippen MR) is 95.4 cm³/mol. The molecule has 7 nitrogen and oxygen atoms in total. The molecule has 25 heavy (non-hydrogen) atoms. The number of hydrazone groups is 1. The van der Waals surface area contributed by atoms with Crippen LogP contribution in [0.3, 0.4) is 0 Å². The second-order valence-corrected chi connectivity index (χ2v) is 6.11. The zero-order chi connectivity index (χ0) is 18.2. The van der Waals surface area contributed by atoms with E-state index in [1.807, 2.05) is 6.92 Å². The summed E-state index contributed by atoms with van der Waals surface area (Å²) >= 11 is 12.1. The fourth-order valence-electron chi connectivity index (χ4n) is 2.24. The Morgan fingerprint density at radius 2 is 2.08 bits per heavy atom. The molecular weight excluding hydrogens is 369 g/mol. The van der Waals surface area contributed by atoms with Crippen LogP contribution in [0.2, 0.25) is 10.0 Å². The lowest BCUT2D eigenvalue weighted by atomic mass is 10.2. The van der Waals surface area contributed by atoms with Crippen LogP contribution in [0.5, 0.6) is 5.75 Å². The average molecular weight is 388 g/mol. The highest BCUT2D eigenvalue weighted by Crippen LogP contribution is 2.33. The fourth-order valence-corrected chi connectivity index (χ4v) is 2.86. The number of rotatable bonds is 6. The van der Waals surface area contributed by atoms with Crippen LogP contribution in [0, 0.1) is 0 Å². The van der Waals surface area contributed by atoms with E-state index in [2.05, 4.69) is 15.8 Å². The minimum Gasteiger partial charge on any atom is -0.491 e. The summed E-state index contributed by atoms with van der Waals surface area (Å²) in [5.41, 5.74) is 2.70. The number of benzene rings is 1. The van der Waals surface area contributed by atoms with E-state index in [0.29, 0.717) is 41.1 Å². The Hall–Kier alpha value is -1.83. The first-order valence-corrected chi connectivity index (χ1v) is 8.61. The lowest BCUT2D eigenvalue weighted by Crippen LogP contribution is -2.41. The maximum absolute atomic E-state index is 11.7. The molecule has 2 amide bonds. The summed E-state index contributed by atoms with van der Waals surface area (Å²) in [6.07, 6.45) is 3.14. The zero-order valence-corrected chi connectivity index (χ0v) is 15.2. The van der Waals surface area contributed by atoms with Crippen molar-refractivity contribution in [3.05, 3.63) is 27.7 Å². The predicted octanol–water partition coefficient (Wildman–Crippen LogP) is 2.14. The highest BCUT2D eigenvalue weighted by atomic mass is 35.5. The van der Waals surface area contributed by atoms with Gasteiger partial charge in [0.15, 0.2) is 5.75 Å². The molecule has 1 fully saturated rings. The largest absolute Gasteiger partial charge is 0.491 e. The highest BCUT2D eigenvalue weighted by Gasteiger charge is 2.19. The number of carbonyl (C=O) groups is 2. The van der Waals surface area contributed by atoms with Crippen LogP contribution in [0.15, 0.2) is 17.2 Å². The van der Waals surface area contributed by atoms with Crippen molar-refractivity contribution in [1.29, 1.82) is 0 Å². The fraction of sp³-hybridized carbons (Fsp3) is 0.438. The van der Waals surface area contributed by atoms with E-state index in [1.165, 1.54) is 6.21 Å². The Balaban J connectivity index is 1.85. The molecule has 1 atom stereocenters. The molecule has 1 aromatic rings. The van der Waals surface area contributed by atoms with E-state index >= 15 is 0 Å². The number of carbonyl (C=O) groups excluding carboxylic acids is 2. The lowest BCUT2D eigenvalue weighted by molar-refractivity contribution is -0.139. The van der Waals surface area contributed by atoms with Gasteiger partial charge in [-0.05, 0) is 37.5 Å². The topological polar surface area (TPSA) is 89.0 Å². The van der Waals surface area contributed by atoms with Gasteiger partial charge in [0.2, 0.25) is 0 Å². The second-order valence-electron chi connectivity index (χ2n) is 5.29. The molecule has 1 saturated heterocycles. The van der Waals surface area contributed by atoms with Gasteiger partial charge in [0.05, 0.1) is 29.0 Å². The van der Waals surface area contributed by atoms with Gasteiger partial charge in [-0.15, -0.1) is 0 Å². The third-order valence-electron chi connectivity index (χ3n) is 3.41. The van der Waals surface area contributed by atoms with Crippen molar-refractivity contribution in [3.63, 3.8) is 0 Å². The normalized spacial score (nSPS) is 16.8. The Bertz CT molecular complexity index is 638. The van der Waals surface area contributed by atoms with E-state index in [4.69, 9.17) is 32.7 Å². The molecule has 1 heterocycles. The smallest absolute Gasteiger partial charge is 0.329 e. The Kier molecular flexibility index (Phi) is 7.49. The van der Waals surface area contributed by atoms with Gasteiger partial charge in [0.1, 0.15) is 0 Å². The minimum atomic E-state index is -0.864. The van der Waals surface area contributed by atoms with E-state index < -0.39 is 11.8 Å². The molecule has 0 aliphatic carbocycles. The van der Waals surface area contributed by atoms with Gasteiger partial charge in [-0.1, -0.05) is 23.2 Å². The number of amides is 2. The van der Waals surface area contributed by atoms with Gasteiger partial charge in [-0.2, -0.15) is 5.10 Å². The first kappa shape index (κ1) is 19.5. The van der Waals surface area contributed by atoms with Crippen molar-refractivity contribution < 1.29 is 19.1 Å². The molecule has 1 aliphatic rings. The molecular formula is C16H19Cl2N3O4. The summed E-state index contributed by atoms with van der Waals surface area (Å²) in [5.74, 6) is -1.24.